The average Bonchev–Trinajstić information content (AvgIpc) is 2.83. The summed E-state index contributed by atoms with van der Waals surface area (Å²) in [6, 6.07) is 8.71. The van der Waals surface area contributed by atoms with E-state index in [-0.39, 0.29) is 18.1 Å². The van der Waals surface area contributed by atoms with Gasteiger partial charge in [0.2, 0.25) is 0 Å². The van der Waals surface area contributed by atoms with Crippen molar-refractivity contribution >= 4 is 22.8 Å². The van der Waals surface area contributed by atoms with Gasteiger partial charge in [-0.1, -0.05) is 12.1 Å². The summed E-state index contributed by atoms with van der Waals surface area (Å²) >= 11 is 0. The number of nitrogens with two attached hydrogens (primary N) is 1. The van der Waals surface area contributed by atoms with Crippen LogP contribution < -0.4 is 11.1 Å². The summed E-state index contributed by atoms with van der Waals surface area (Å²) in [7, 11) is 0. The van der Waals surface area contributed by atoms with Gasteiger partial charge in [0, 0.05) is 12.2 Å². The Kier molecular flexibility index (Phi) is 3.08. The number of hydrogen-bond donors (Lipinski definition) is 2. The number of nitrogens with zero attached hydrogens (tertiary/aromatic N) is 1. The maximum atomic E-state index is 13.5. The lowest BCUT2D eigenvalue weighted by Crippen LogP contribution is -2.02. The molecule has 0 aliphatic carbocycles. The number of benzene rings is 2. The van der Waals surface area contributed by atoms with Gasteiger partial charge in [-0.15, -0.1) is 0 Å². The summed E-state index contributed by atoms with van der Waals surface area (Å²) in [6.07, 6.45) is 0. The van der Waals surface area contributed by atoms with E-state index in [0.29, 0.717) is 16.8 Å². The molecule has 0 aliphatic rings. The molecule has 0 aliphatic heterocycles. The third-order valence-electron chi connectivity index (χ3n) is 2.90. The lowest BCUT2D eigenvalue weighted by Gasteiger charge is -2.07. The van der Waals surface area contributed by atoms with Crippen molar-refractivity contribution in [1.29, 1.82) is 0 Å². The molecule has 102 valence electrons. The second-order valence-electron chi connectivity index (χ2n) is 4.24. The molecule has 20 heavy (non-hydrogen) atoms. The summed E-state index contributed by atoms with van der Waals surface area (Å²) in [5.41, 5.74) is 7.17. The molecule has 6 heteroatoms. The molecular weight excluding hydrogens is 264 g/mol. The molecule has 0 amide bonds. The Morgan fingerprint density at radius 3 is 2.80 bits per heavy atom. The van der Waals surface area contributed by atoms with Crippen LogP contribution in [0.3, 0.4) is 0 Å². The molecule has 3 N–H and O–H groups in total. The fourth-order valence-corrected chi connectivity index (χ4v) is 1.93. The first-order valence-electron chi connectivity index (χ1n) is 5.98. The van der Waals surface area contributed by atoms with E-state index >= 15 is 0 Å². The highest BCUT2D eigenvalue weighted by atomic mass is 19.1. The summed E-state index contributed by atoms with van der Waals surface area (Å²) in [6.45, 7) is 0.233. The minimum absolute atomic E-state index is 0.0562. The van der Waals surface area contributed by atoms with E-state index in [1.165, 1.54) is 24.3 Å². The molecule has 0 spiro atoms. The largest absolute Gasteiger partial charge is 0.420 e. The molecule has 2 aromatic carbocycles. The van der Waals surface area contributed by atoms with E-state index in [2.05, 4.69) is 10.3 Å². The number of para-hydroxylation sites is 1. The zero-order valence-corrected chi connectivity index (χ0v) is 10.4. The first-order chi connectivity index (χ1) is 9.67. The van der Waals surface area contributed by atoms with Gasteiger partial charge in [-0.3, -0.25) is 0 Å². The molecule has 0 bridgehead atoms. The van der Waals surface area contributed by atoms with Crippen LogP contribution in [0.1, 0.15) is 5.56 Å². The third-order valence-corrected chi connectivity index (χ3v) is 2.90. The van der Waals surface area contributed by atoms with Crippen LogP contribution in [0.4, 0.5) is 20.5 Å². The first-order valence-corrected chi connectivity index (χ1v) is 5.98. The third kappa shape index (κ3) is 2.21. The Morgan fingerprint density at radius 1 is 1.20 bits per heavy atom. The molecule has 1 aromatic heterocycles. The predicted molar refractivity (Wildman–Crippen MR) is 71.5 cm³/mol. The minimum atomic E-state index is -0.499. The Bertz CT molecular complexity index is 770. The summed E-state index contributed by atoms with van der Waals surface area (Å²) in [5, 5.41) is 2.82. The maximum Gasteiger partial charge on any atom is 0.300 e. The number of nitrogens with one attached hydrogen (secondary N) is 1. The highest BCUT2D eigenvalue weighted by molar-refractivity contribution is 5.76. The summed E-state index contributed by atoms with van der Waals surface area (Å²) in [4.78, 5) is 4.09. The minimum Gasteiger partial charge on any atom is -0.420 e. The van der Waals surface area contributed by atoms with Gasteiger partial charge in [0.25, 0.3) is 6.01 Å². The van der Waals surface area contributed by atoms with Gasteiger partial charge in [-0.25, -0.2) is 8.78 Å². The topological polar surface area (TPSA) is 64.1 Å². The van der Waals surface area contributed by atoms with Gasteiger partial charge in [0.15, 0.2) is 11.4 Å². The van der Waals surface area contributed by atoms with Gasteiger partial charge >= 0.3 is 0 Å². The van der Waals surface area contributed by atoms with Gasteiger partial charge in [-0.05, 0) is 29.8 Å². The lowest BCUT2D eigenvalue weighted by molar-refractivity contribution is 0.566. The van der Waals surface area contributed by atoms with E-state index < -0.39 is 11.6 Å². The Labute approximate surface area is 113 Å². The highest BCUT2D eigenvalue weighted by Crippen LogP contribution is 2.26. The molecular formula is C14H11F2N3O. The molecule has 0 atom stereocenters. The van der Waals surface area contributed by atoms with Gasteiger partial charge < -0.3 is 15.5 Å². The van der Waals surface area contributed by atoms with E-state index in [1.807, 2.05) is 0 Å². The van der Waals surface area contributed by atoms with Crippen molar-refractivity contribution < 1.29 is 13.2 Å². The number of fused-ring (bicyclic) bond motifs is 1. The van der Waals surface area contributed by atoms with Crippen LogP contribution in [0, 0.1) is 11.6 Å². The number of rotatable bonds is 3. The van der Waals surface area contributed by atoms with Crippen molar-refractivity contribution in [1.82, 2.24) is 4.98 Å². The molecule has 0 saturated heterocycles. The Balaban J connectivity index is 2.01. The maximum absolute atomic E-state index is 13.5. The van der Waals surface area contributed by atoms with Crippen LogP contribution in [0.15, 0.2) is 40.8 Å². The van der Waals surface area contributed by atoms with Crippen LogP contribution in [0.5, 0.6) is 0 Å². The highest BCUT2D eigenvalue weighted by Gasteiger charge is 2.11. The molecule has 3 rings (SSSR count). The molecule has 0 fully saturated rings. The number of halogens is 2. The van der Waals surface area contributed by atoms with Gasteiger partial charge in [0.1, 0.15) is 11.3 Å². The quantitative estimate of drug-likeness (QED) is 0.769. The van der Waals surface area contributed by atoms with E-state index in [4.69, 9.17) is 10.2 Å². The molecule has 1 heterocycles. The average molecular weight is 275 g/mol. The van der Waals surface area contributed by atoms with Crippen molar-refractivity contribution in [2.24, 2.45) is 5.73 Å². The van der Waals surface area contributed by atoms with E-state index in [9.17, 15) is 8.78 Å². The molecule has 3 aromatic rings. The van der Waals surface area contributed by atoms with Crippen LogP contribution in [0.25, 0.3) is 11.1 Å². The fourth-order valence-electron chi connectivity index (χ4n) is 1.93. The molecule has 0 unspecified atom stereocenters. The number of anilines is 2. The van der Waals surface area contributed by atoms with Crippen LogP contribution in [0.2, 0.25) is 0 Å². The van der Waals surface area contributed by atoms with Crippen molar-refractivity contribution in [2.45, 2.75) is 6.54 Å². The van der Waals surface area contributed by atoms with Crippen LogP contribution in [-0.4, -0.2) is 4.98 Å². The second-order valence-corrected chi connectivity index (χ2v) is 4.24. The van der Waals surface area contributed by atoms with Crippen LogP contribution in [-0.2, 0) is 6.54 Å². The number of aromatic nitrogens is 1. The van der Waals surface area contributed by atoms with Crippen molar-refractivity contribution in [3.63, 3.8) is 0 Å². The normalized spacial score (nSPS) is 10.9. The smallest absolute Gasteiger partial charge is 0.300 e. The van der Waals surface area contributed by atoms with Crippen molar-refractivity contribution in [3.8, 4) is 0 Å². The molecule has 4 nitrogen and oxygen atoms in total. The van der Waals surface area contributed by atoms with Gasteiger partial charge in [-0.2, -0.15) is 4.98 Å². The predicted octanol–water partition coefficient (Wildman–Crippen LogP) is 3.31. The van der Waals surface area contributed by atoms with E-state index in [1.54, 1.807) is 12.1 Å². The van der Waals surface area contributed by atoms with Gasteiger partial charge in [0.05, 0.1) is 0 Å². The fraction of sp³-hybridized carbons (Fsp3) is 0.0714. The number of oxazole rings is 1. The monoisotopic (exact) mass is 275 g/mol. The number of hydrogen-bond acceptors (Lipinski definition) is 4. The molecule has 0 saturated carbocycles. The summed E-state index contributed by atoms with van der Waals surface area (Å²) in [5.74, 6) is -0.909. The zero-order valence-electron chi connectivity index (χ0n) is 10.4. The Hall–Kier alpha value is -2.47. The first kappa shape index (κ1) is 12.6. The second kappa shape index (κ2) is 4.90. The van der Waals surface area contributed by atoms with E-state index in [0.717, 1.165) is 0 Å². The van der Waals surface area contributed by atoms with Crippen molar-refractivity contribution in [3.05, 3.63) is 53.6 Å². The summed E-state index contributed by atoms with van der Waals surface area (Å²) < 4.78 is 32.1. The van der Waals surface area contributed by atoms with Crippen molar-refractivity contribution in [2.75, 3.05) is 5.32 Å². The Morgan fingerprint density at radius 2 is 2.05 bits per heavy atom. The molecule has 0 radical (unpaired) electrons. The lowest BCUT2D eigenvalue weighted by atomic mass is 10.2. The zero-order chi connectivity index (χ0) is 14.1. The van der Waals surface area contributed by atoms with Crippen LogP contribution >= 0.6 is 0 Å². The standard InChI is InChI=1S/C14H11F2N3O/c15-9-5-4-8(7-17)12(6-9)19-14-18-11-3-1-2-10(16)13(11)20-14/h1-6H,7,17H2,(H,18,19). The SMILES string of the molecule is NCc1ccc(F)cc1Nc1nc2cccc(F)c2o1.